The summed E-state index contributed by atoms with van der Waals surface area (Å²) < 4.78 is 4.74. The molecular formula is C18H26O2. The predicted octanol–water partition coefficient (Wildman–Crippen LogP) is 4.78. The molecule has 110 valence electrons. The maximum absolute atomic E-state index is 11.2. The first-order valence-corrected chi connectivity index (χ1v) is 6.78. The third-order valence-electron chi connectivity index (χ3n) is 2.15. The summed E-state index contributed by atoms with van der Waals surface area (Å²) in [5.41, 5.74) is 3.01. The zero-order chi connectivity index (χ0) is 16.0. The van der Waals surface area contributed by atoms with Crippen molar-refractivity contribution in [2.75, 3.05) is 6.61 Å². The van der Waals surface area contributed by atoms with E-state index >= 15 is 0 Å². The van der Waals surface area contributed by atoms with Crippen LogP contribution >= 0.6 is 0 Å². The molecule has 0 spiro atoms. The van der Waals surface area contributed by atoms with Gasteiger partial charge in [0.1, 0.15) is 0 Å². The van der Waals surface area contributed by atoms with Crippen molar-refractivity contribution in [1.82, 2.24) is 0 Å². The lowest BCUT2D eigenvalue weighted by Gasteiger charge is -2.00. The zero-order valence-corrected chi connectivity index (χ0v) is 13.5. The van der Waals surface area contributed by atoms with Gasteiger partial charge in [0.05, 0.1) is 5.56 Å². The van der Waals surface area contributed by atoms with Gasteiger partial charge in [-0.25, -0.2) is 4.79 Å². The smallest absolute Gasteiger partial charge is 0.339 e. The second-order valence-corrected chi connectivity index (χ2v) is 4.01. The van der Waals surface area contributed by atoms with E-state index in [0.29, 0.717) is 5.56 Å². The molecule has 0 aliphatic carbocycles. The molecule has 1 aromatic rings. The van der Waals surface area contributed by atoms with Crippen molar-refractivity contribution in [2.45, 2.75) is 41.5 Å². The summed E-state index contributed by atoms with van der Waals surface area (Å²) in [5.74, 6) is 1.86. The van der Waals surface area contributed by atoms with Gasteiger partial charge in [-0.05, 0) is 39.8 Å². The fourth-order valence-corrected chi connectivity index (χ4v) is 0.880. The summed E-state index contributed by atoms with van der Waals surface area (Å²) in [5, 5.41) is 0. The quantitative estimate of drug-likeness (QED) is 0.440. The fourth-order valence-electron chi connectivity index (χ4n) is 0.880. The minimum absolute atomic E-state index is 0.0205. The topological polar surface area (TPSA) is 26.3 Å². The molecule has 0 saturated heterocycles. The van der Waals surface area contributed by atoms with Crippen molar-refractivity contribution in [2.24, 2.45) is 0 Å². The number of carbonyl (C=O) groups excluding carboxylic acids is 1. The van der Waals surface area contributed by atoms with Gasteiger partial charge in [0.2, 0.25) is 0 Å². The highest BCUT2D eigenvalue weighted by Gasteiger charge is 2.04. The Kier molecular flexibility index (Phi) is 13.6. The van der Waals surface area contributed by atoms with Gasteiger partial charge in [-0.3, -0.25) is 0 Å². The lowest BCUT2D eigenvalue weighted by atomic mass is 10.1. The number of aryl methyl sites for hydroxylation is 1. The average Bonchev–Trinajstić information content (AvgIpc) is 2.48. The van der Waals surface area contributed by atoms with Crippen LogP contribution in [0, 0.1) is 19.3 Å². The third-order valence-corrected chi connectivity index (χ3v) is 2.15. The molecule has 0 N–H and O–H groups in total. The first-order chi connectivity index (χ1) is 9.51. The fraction of sp³-hybridized carbons (Fsp3) is 0.389. The van der Waals surface area contributed by atoms with E-state index in [0.717, 1.165) is 5.56 Å². The number of esters is 1. The van der Waals surface area contributed by atoms with Crippen molar-refractivity contribution in [3.63, 3.8) is 0 Å². The molecule has 0 heterocycles. The molecular weight excluding hydrogens is 248 g/mol. The molecule has 2 nitrogen and oxygen atoms in total. The van der Waals surface area contributed by atoms with Crippen LogP contribution in [0.1, 0.15) is 50.5 Å². The van der Waals surface area contributed by atoms with Gasteiger partial charge in [-0.1, -0.05) is 49.1 Å². The molecule has 20 heavy (non-hydrogen) atoms. The van der Waals surface area contributed by atoms with E-state index < -0.39 is 0 Å². The molecule has 2 heteroatoms. The molecule has 0 fully saturated rings. The second kappa shape index (κ2) is 13.4. The molecule has 0 aliphatic rings. The summed E-state index contributed by atoms with van der Waals surface area (Å²) in [6.07, 6.45) is 7.04. The lowest BCUT2D eigenvalue weighted by molar-refractivity contribution is 0.0557. The minimum atomic E-state index is -0.377. The number of hydrogen-bond acceptors (Lipinski definition) is 2. The highest BCUT2D eigenvalue weighted by molar-refractivity contribution is 5.89. The van der Waals surface area contributed by atoms with Gasteiger partial charge < -0.3 is 4.74 Å². The first-order valence-electron chi connectivity index (χ1n) is 6.78. The van der Waals surface area contributed by atoms with E-state index in [2.05, 4.69) is 25.8 Å². The van der Waals surface area contributed by atoms with Crippen LogP contribution in [0.15, 0.2) is 35.9 Å². The van der Waals surface area contributed by atoms with Gasteiger partial charge in [-0.15, -0.1) is 6.42 Å². The first kappa shape index (κ1) is 20.3. The number of terminal acetylenes is 1. The van der Waals surface area contributed by atoms with Gasteiger partial charge >= 0.3 is 5.97 Å². The Bertz CT molecular complexity index is 429. The summed E-state index contributed by atoms with van der Waals surface area (Å²) >= 11 is 0. The Morgan fingerprint density at radius 1 is 1.25 bits per heavy atom. The van der Waals surface area contributed by atoms with Crippen LogP contribution in [-0.2, 0) is 4.74 Å². The second-order valence-electron chi connectivity index (χ2n) is 4.01. The van der Waals surface area contributed by atoms with Crippen LogP contribution in [0.5, 0.6) is 0 Å². The van der Waals surface area contributed by atoms with Gasteiger partial charge in [0.25, 0.3) is 0 Å². The van der Waals surface area contributed by atoms with Gasteiger partial charge in [0.15, 0.2) is 6.61 Å². The number of carbonyl (C=O) groups is 1. The molecule has 0 atom stereocenters. The molecule has 1 rings (SSSR count). The predicted molar refractivity (Wildman–Crippen MR) is 86.7 cm³/mol. The molecule has 0 radical (unpaired) electrons. The third kappa shape index (κ3) is 11.1. The summed E-state index contributed by atoms with van der Waals surface area (Å²) in [7, 11) is 0. The SMILES string of the molecule is C#CCOC(=O)c1ccc(C)cc1.CC.CC=C(C)C. The number of benzene rings is 1. The Hall–Kier alpha value is -2.01. The molecule has 0 aliphatic heterocycles. The maximum Gasteiger partial charge on any atom is 0.339 e. The monoisotopic (exact) mass is 274 g/mol. The number of allylic oxidation sites excluding steroid dienone is 2. The summed E-state index contributed by atoms with van der Waals surface area (Å²) in [4.78, 5) is 11.2. The lowest BCUT2D eigenvalue weighted by Crippen LogP contribution is -2.04. The Labute approximate surface area is 123 Å². The van der Waals surface area contributed by atoms with Crippen LogP contribution in [0.25, 0.3) is 0 Å². The van der Waals surface area contributed by atoms with Crippen LogP contribution < -0.4 is 0 Å². The van der Waals surface area contributed by atoms with Crippen LogP contribution in [0.3, 0.4) is 0 Å². The molecule has 0 saturated carbocycles. The van der Waals surface area contributed by atoms with E-state index in [9.17, 15) is 4.79 Å². The maximum atomic E-state index is 11.2. The van der Waals surface area contributed by atoms with E-state index in [1.807, 2.05) is 39.8 Å². The largest absolute Gasteiger partial charge is 0.449 e. The van der Waals surface area contributed by atoms with Crippen LogP contribution in [0.4, 0.5) is 0 Å². The van der Waals surface area contributed by atoms with Crippen LogP contribution in [-0.4, -0.2) is 12.6 Å². The van der Waals surface area contributed by atoms with E-state index in [4.69, 9.17) is 11.2 Å². The molecule has 0 aromatic heterocycles. The van der Waals surface area contributed by atoms with Gasteiger partial charge in [0, 0.05) is 0 Å². The number of rotatable bonds is 2. The molecule has 0 amide bonds. The minimum Gasteiger partial charge on any atom is -0.449 e. The number of ether oxygens (including phenoxy) is 1. The Morgan fingerprint density at radius 2 is 1.70 bits per heavy atom. The average molecular weight is 274 g/mol. The van der Waals surface area contributed by atoms with Crippen molar-refractivity contribution < 1.29 is 9.53 Å². The van der Waals surface area contributed by atoms with Crippen molar-refractivity contribution in [3.8, 4) is 12.3 Å². The van der Waals surface area contributed by atoms with Crippen molar-refractivity contribution in [3.05, 3.63) is 47.0 Å². The van der Waals surface area contributed by atoms with E-state index in [-0.39, 0.29) is 12.6 Å². The Morgan fingerprint density at radius 3 is 2.05 bits per heavy atom. The zero-order valence-electron chi connectivity index (χ0n) is 13.5. The molecule has 1 aromatic carbocycles. The summed E-state index contributed by atoms with van der Waals surface area (Å²) in [6.45, 7) is 12.2. The van der Waals surface area contributed by atoms with Crippen molar-refractivity contribution in [1.29, 1.82) is 0 Å². The molecule has 0 bridgehead atoms. The number of hydrogen-bond donors (Lipinski definition) is 0. The standard InChI is InChI=1S/C11H10O2.C5H10.C2H6/c1-3-8-13-11(12)10-6-4-9(2)5-7-10;1-4-5(2)3;1-2/h1,4-7H,8H2,2H3;4H,1-3H3;1-2H3. The highest BCUT2D eigenvalue weighted by Crippen LogP contribution is 2.04. The van der Waals surface area contributed by atoms with Crippen LogP contribution in [0.2, 0.25) is 0 Å². The normalized spacial score (nSPS) is 7.85. The summed E-state index contributed by atoms with van der Waals surface area (Å²) in [6, 6.07) is 7.14. The van der Waals surface area contributed by atoms with E-state index in [1.54, 1.807) is 12.1 Å². The van der Waals surface area contributed by atoms with E-state index in [1.165, 1.54) is 5.57 Å². The Balaban J connectivity index is 0. The molecule has 0 unspecified atom stereocenters. The van der Waals surface area contributed by atoms with Gasteiger partial charge in [-0.2, -0.15) is 0 Å². The van der Waals surface area contributed by atoms with Crippen molar-refractivity contribution >= 4 is 5.97 Å². The highest BCUT2D eigenvalue weighted by atomic mass is 16.5.